The van der Waals surface area contributed by atoms with Gasteiger partial charge in [0.25, 0.3) is 0 Å². The van der Waals surface area contributed by atoms with Crippen molar-refractivity contribution >= 4 is 11.8 Å². The van der Waals surface area contributed by atoms with Crippen LogP contribution in [0.2, 0.25) is 0 Å². The maximum atomic E-state index is 11.7. The number of rotatable bonds is 4. The Morgan fingerprint density at radius 3 is 2.89 bits per heavy atom. The van der Waals surface area contributed by atoms with Gasteiger partial charge in [0, 0.05) is 24.6 Å². The minimum atomic E-state index is -0.155. The van der Waals surface area contributed by atoms with Crippen LogP contribution in [0.1, 0.15) is 18.4 Å². The van der Waals surface area contributed by atoms with Crippen LogP contribution in [0, 0.1) is 0 Å². The Morgan fingerprint density at radius 1 is 1.44 bits per heavy atom. The van der Waals surface area contributed by atoms with Crippen molar-refractivity contribution in [2.75, 3.05) is 6.54 Å². The summed E-state index contributed by atoms with van der Waals surface area (Å²) in [5.74, 6) is 0.00872. The molecule has 3 N–H and O–H groups in total. The zero-order valence-electron chi connectivity index (χ0n) is 9.98. The lowest BCUT2D eigenvalue weighted by atomic mass is 10.1. The highest BCUT2D eigenvalue weighted by atomic mass is 16.3. The molecule has 5 heteroatoms. The molecule has 0 spiro atoms. The molecule has 1 aromatic carbocycles. The van der Waals surface area contributed by atoms with E-state index in [1.165, 1.54) is 0 Å². The predicted molar refractivity (Wildman–Crippen MR) is 66.0 cm³/mol. The van der Waals surface area contributed by atoms with Crippen LogP contribution in [0.25, 0.3) is 0 Å². The van der Waals surface area contributed by atoms with Crippen molar-refractivity contribution in [3.8, 4) is 5.75 Å². The van der Waals surface area contributed by atoms with Gasteiger partial charge < -0.3 is 15.7 Å². The summed E-state index contributed by atoms with van der Waals surface area (Å²) < 4.78 is 0. The van der Waals surface area contributed by atoms with Crippen molar-refractivity contribution < 1.29 is 14.7 Å². The van der Waals surface area contributed by atoms with Gasteiger partial charge in [-0.3, -0.25) is 9.59 Å². The van der Waals surface area contributed by atoms with Crippen LogP contribution >= 0.6 is 0 Å². The molecule has 5 nitrogen and oxygen atoms in total. The second kappa shape index (κ2) is 5.53. The molecule has 0 aromatic heterocycles. The van der Waals surface area contributed by atoms with Gasteiger partial charge in [-0.25, -0.2) is 0 Å². The number of amides is 2. The topological polar surface area (TPSA) is 78.4 Å². The van der Waals surface area contributed by atoms with Gasteiger partial charge >= 0.3 is 0 Å². The van der Waals surface area contributed by atoms with E-state index < -0.39 is 0 Å². The van der Waals surface area contributed by atoms with Crippen molar-refractivity contribution in [2.45, 2.75) is 25.3 Å². The summed E-state index contributed by atoms with van der Waals surface area (Å²) in [4.78, 5) is 22.6. The van der Waals surface area contributed by atoms with Gasteiger partial charge in [-0.05, 0) is 12.5 Å². The first-order valence-electron chi connectivity index (χ1n) is 5.98. The molecule has 0 radical (unpaired) electrons. The molecular formula is C13H16N2O3. The molecule has 0 saturated carbocycles. The van der Waals surface area contributed by atoms with Gasteiger partial charge in [0.2, 0.25) is 11.8 Å². The largest absolute Gasteiger partial charge is 0.508 e. The number of aromatic hydroxyl groups is 1. The molecular weight excluding hydrogens is 232 g/mol. The molecule has 1 saturated heterocycles. The van der Waals surface area contributed by atoms with Crippen molar-refractivity contribution in [3.05, 3.63) is 29.8 Å². The summed E-state index contributed by atoms with van der Waals surface area (Å²) in [6.07, 6.45) is 1.43. The molecule has 1 heterocycles. The Hall–Kier alpha value is -2.04. The Labute approximate surface area is 105 Å². The highest BCUT2D eigenvalue weighted by molar-refractivity contribution is 5.80. The van der Waals surface area contributed by atoms with Crippen molar-refractivity contribution in [3.63, 3.8) is 0 Å². The number of nitrogens with one attached hydrogen (secondary N) is 2. The van der Waals surface area contributed by atoms with Crippen LogP contribution < -0.4 is 10.6 Å². The third-order valence-corrected chi connectivity index (χ3v) is 2.97. The summed E-state index contributed by atoms with van der Waals surface area (Å²) in [7, 11) is 0. The van der Waals surface area contributed by atoms with Crippen LogP contribution in [-0.2, 0) is 16.0 Å². The average Bonchev–Trinajstić information content (AvgIpc) is 2.76. The zero-order valence-corrected chi connectivity index (χ0v) is 9.98. The molecule has 0 aliphatic carbocycles. The summed E-state index contributed by atoms with van der Waals surface area (Å²) in [5.41, 5.74) is 0.602. The number of carbonyl (C=O) groups excluding carboxylic acids is 2. The number of phenols is 1. The van der Waals surface area contributed by atoms with E-state index in [9.17, 15) is 14.7 Å². The predicted octanol–water partition coefficient (Wildman–Crippen LogP) is 0.329. The number of carbonyl (C=O) groups is 2. The molecule has 0 bridgehead atoms. The monoisotopic (exact) mass is 248 g/mol. The fourth-order valence-electron chi connectivity index (χ4n) is 1.96. The third kappa shape index (κ3) is 3.23. The van der Waals surface area contributed by atoms with Gasteiger partial charge in [-0.15, -0.1) is 0 Å². The molecule has 1 aromatic rings. The van der Waals surface area contributed by atoms with E-state index in [1.54, 1.807) is 24.3 Å². The lowest BCUT2D eigenvalue weighted by molar-refractivity contribution is -0.121. The zero-order chi connectivity index (χ0) is 13.0. The van der Waals surface area contributed by atoms with E-state index >= 15 is 0 Å². The molecule has 2 rings (SSSR count). The summed E-state index contributed by atoms with van der Waals surface area (Å²) in [6.45, 7) is 0.443. The molecule has 1 fully saturated rings. The van der Waals surface area contributed by atoms with Gasteiger partial charge in [0.15, 0.2) is 0 Å². The first kappa shape index (κ1) is 12.4. The molecule has 1 aliphatic heterocycles. The highest BCUT2D eigenvalue weighted by Crippen LogP contribution is 2.15. The maximum Gasteiger partial charge on any atom is 0.224 e. The van der Waals surface area contributed by atoms with Crippen LogP contribution in [0.15, 0.2) is 24.3 Å². The molecule has 2 amide bonds. The number of benzene rings is 1. The Balaban J connectivity index is 1.79. The quantitative estimate of drug-likeness (QED) is 0.718. The number of hydrogen-bond acceptors (Lipinski definition) is 3. The Bertz CT molecular complexity index is 459. The minimum Gasteiger partial charge on any atom is -0.508 e. The van der Waals surface area contributed by atoms with Gasteiger partial charge in [0.05, 0.1) is 6.42 Å². The van der Waals surface area contributed by atoms with E-state index in [4.69, 9.17) is 0 Å². The minimum absolute atomic E-state index is 0.0332. The maximum absolute atomic E-state index is 11.7. The van der Waals surface area contributed by atoms with Crippen molar-refractivity contribution in [1.82, 2.24) is 10.6 Å². The number of para-hydroxylation sites is 1. The number of hydrogen-bond donors (Lipinski definition) is 3. The summed E-state index contributed by atoms with van der Waals surface area (Å²) >= 11 is 0. The molecule has 1 atom stereocenters. The highest BCUT2D eigenvalue weighted by Gasteiger charge is 2.20. The second-order valence-electron chi connectivity index (χ2n) is 4.41. The third-order valence-electron chi connectivity index (χ3n) is 2.97. The van der Waals surface area contributed by atoms with E-state index in [0.29, 0.717) is 18.5 Å². The lowest BCUT2D eigenvalue weighted by Crippen LogP contribution is -2.38. The van der Waals surface area contributed by atoms with Crippen LogP contribution in [0.3, 0.4) is 0 Å². The number of phenolic OH excluding ortho intramolecular Hbond substituents is 1. The standard InChI is InChI=1S/C13H16N2O3/c16-11-4-2-1-3-9(11)7-13(18)14-8-10-5-6-12(17)15-10/h1-4,10,16H,5-8H2,(H,14,18)(H,15,17). The first-order chi connectivity index (χ1) is 8.65. The van der Waals surface area contributed by atoms with Crippen molar-refractivity contribution in [2.24, 2.45) is 0 Å². The summed E-state index contributed by atoms with van der Waals surface area (Å²) in [6, 6.07) is 6.79. The normalized spacial score (nSPS) is 18.4. The average molecular weight is 248 g/mol. The lowest BCUT2D eigenvalue weighted by Gasteiger charge is -2.11. The van der Waals surface area contributed by atoms with Crippen LogP contribution in [0.5, 0.6) is 5.75 Å². The van der Waals surface area contributed by atoms with Crippen LogP contribution in [-0.4, -0.2) is 29.5 Å². The van der Waals surface area contributed by atoms with E-state index in [0.717, 1.165) is 6.42 Å². The Kier molecular flexibility index (Phi) is 3.82. The van der Waals surface area contributed by atoms with Gasteiger partial charge in [0.1, 0.15) is 5.75 Å². The smallest absolute Gasteiger partial charge is 0.224 e. The first-order valence-corrected chi connectivity index (χ1v) is 5.98. The second-order valence-corrected chi connectivity index (χ2v) is 4.41. The van der Waals surface area contributed by atoms with E-state index in [1.807, 2.05) is 0 Å². The molecule has 96 valence electrons. The van der Waals surface area contributed by atoms with Gasteiger partial charge in [-0.2, -0.15) is 0 Å². The Morgan fingerprint density at radius 2 is 2.22 bits per heavy atom. The fraction of sp³-hybridized carbons (Fsp3) is 0.385. The molecule has 18 heavy (non-hydrogen) atoms. The molecule has 1 unspecified atom stereocenters. The van der Waals surface area contributed by atoms with Crippen LogP contribution in [0.4, 0.5) is 0 Å². The van der Waals surface area contributed by atoms with Gasteiger partial charge in [-0.1, -0.05) is 18.2 Å². The van der Waals surface area contributed by atoms with E-state index in [-0.39, 0.29) is 30.0 Å². The fourth-order valence-corrected chi connectivity index (χ4v) is 1.96. The van der Waals surface area contributed by atoms with E-state index in [2.05, 4.69) is 10.6 Å². The molecule has 1 aliphatic rings. The SMILES string of the molecule is O=C(Cc1ccccc1O)NCC1CCC(=O)N1. The van der Waals surface area contributed by atoms with Crippen molar-refractivity contribution in [1.29, 1.82) is 0 Å². The summed E-state index contributed by atoms with van der Waals surface area (Å²) in [5, 5.41) is 15.1.